The molecular weight excluding hydrogens is 256 g/mol. The fourth-order valence-electron chi connectivity index (χ4n) is 5.08. The summed E-state index contributed by atoms with van der Waals surface area (Å²) >= 11 is 0. The number of hydrogen-bond donors (Lipinski definition) is 0. The Morgan fingerprint density at radius 2 is 1.95 bits per heavy atom. The smallest absolute Gasteiger partial charge is 0.164 e. The highest BCUT2D eigenvalue weighted by Gasteiger charge is 2.51. The molecule has 0 aromatic heterocycles. The summed E-state index contributed by atoms with van der Waals surface area (Å²) in [5.74, 6) is 1.63. The first kappa shape index (κ1) is 13.1. The topological polar surface area (TPSA) is 17.1 Å². The van der Waals surface area contributed by atoms with Crippen LogP contribution in [0.2, 0.25) is 0 Å². The van der Waals surface area contributed by atoms with Crippen LogP contribution in [0.3, 0.4) is 0 Å². The molecule has 3 atom stereocenters. The van der Waals surface area contributed by atoms with Gasteiger partial charge in [0.2, 0.25) is 0 Å². The lowest BCUT2D eigenvalue weighted by Crippen LogP contribution is -2.35. The molecule has 0 aliphatic heterocycles. The molecule has 1 fully saturated rings. The van der Waals surface area contributed by atoms with Crippen LogP contribution in [0.4, 0.5) is 0 Å². The molecule has 0 amide bonds. The van der Waals surface area contributed by atoms with Crippen LogP contribution in [-0.4, -0.2) is 5.78 Å². The summed E-state index contributed by atoms with van der Waals surface area (Å²) in [5, 5.41) is 2.35. The second kappa shape index (κ2) is 4.43. The Morgan fingerprint density at radius 3 is 2.76 bits per heavy atom. The maximum absolute atomic E-state index is 12.9. The van der Waals surface area contributed by atoms with Crippen molar-refractivity contribution in [2.24, 2.45) is 11.3 Å². The molecule has 0 heterocycles. The number of carbonyl (C=O) groups is 1. The molecule has 2 aromatic rings. The Hall–Kier alpha value is -1.63. The monoisotopic (exact) mass is 278 g/mol. The van der Waals surface area contributed by atoms with E-state index in [2.05, 4.69) is 44.2 Å². The number of ketones is 1. The molecule has 0 saturated heterocycles. The zero-order valence-electron chi connectivity index (χ0n) is 12.9. The van der Waals surface area contributed by atoms with E-state index in [9.17, 15) is 4.79 Å². The minimum Gasteiger partial charge on any atom is -0.294 e. The number of fused-ring (bicyclic) bond motifs is 5. The van der Waals surface area contributed by atoms with Gasteiger partial charge in [-0.3, -0.25) is 4.79 Å². The van der Waals surface area contributed by atoms with Gasteiger partial charge in [0, 0.05) is 12.0 Å². The Balaban J connectivity index is 1.96. The SMILES string of the molecule is CC[C@H]1CC[C@H]2c3ccc4ccccc4c3C(=O)C[C@]12C. The van der Waals surface area contributed by atoms with Gasteiger partial charge < -0.3 is 0 Å². The van der Waals surface area contributed by atoms with Crippen molar-refractivity contribution in [1.29, 1.82) is 0 Å². The number of carbonyl (C=O) groups excluding carboxylic acids is 1. The number of hydrogen-bond acceptors (Lipinski definition) is 1. The molecule has 0 unspecified atom stereocenters. The lowest BCUT2D eigenvalue weighted by Gasteiger charge is -2.41. The maximum atomic E-state index is 12.9. The highest BCUT2D eigenvalue weighted by atomic mass is 16.1. The summed E-state index contributed by atoms with van der Waals surface area (Å²) in [6, 6.07) is 12.8. The fourth-order valence-corrected chi connectivity index (χ4v) is 5.08. The van der Waals surface area contributed by atoms with Crippen molar-refractivity contribution in [3.63, 3.8) is 0 Å². The van der Waals surface area contributed by atoms with E-state index >= 15 is 0 Å². The van der Waals surface area contributed by atoms with E-state index in [1.54, 1.807) is 0 Å². The van der Waals surface area contributed by atoms with Gasteiger partial charge in [-0.25, -0.2) is 0 Å². The Morgan fingerprint density at radius 1 is 1.14 bits per heavy atom. The molecule has 1 saturated carbocycles. The molecule has 1 heteroatoms. The van der Waals surface area contributed by atoms with Gasteiger partial charge in [-0.15, -0.1) is 0 Å². The molecule has 2 aromatic carbocycles. The minimum atomic E-state index is 0.182. The van der Waals surface area contributed by atoms with Crippen molar-refractivity contribution in [3.05, 3.63) is 47.5 Å². The first-order valence-electron chi connectivity index (χ1n) is 8.20. The molecule has 108 valence electrons. The van der Waals surface area contributed by atoms with Crippen LogP contribution in [0.25, 0.3) is 10.8 Å². The van der Waals surface area contributed by atoms with Crippen LogP contribution in [-0.2, 0) is 0 Å². The molecule has 4 rings (SSSR count). The van der Waals surface area contributed by atoms with E-state index in [0.717, 1.165) is 17.4 Å². The van der Waals surface area contributed by atoms with E-state index in [4.69, 9.17) is 0 Å². The third-order valence-electron chi connectivity index (χ3n) is 6.18. The summed E-state index contributed by atoms with van der Waals surface area (Å²) < 4.78 is 0. The second-order valence-corrected chi connectivity index (χ2v) is 7.09. The Kier molecular flexibility index (Phi) is 2.76. The van der Waals surface area contributed by atoms with Crippen molar-refractivity contribution >= 4 is 16.6 Å². The van der Waals surface area contributed by atoms with Crippen LogP contribution >= 0.6 is 0 Å². The van der Waals surface area contributed by atoms with Crippen molar-refractivity contribution in [2.45, 2.75) is 45.4 Å². The van der Waals surface area contributed by atoms with Gasteiger partial charge in [-0.2, -0.15) is 0 Å². The van der Waals surface area contributed by atoms with Gasteiger partial charge in [-0.1, -0.05) is 56.7 Å². The zero-order chi connectivity index (χ0) is 14.6. The molecule has 0 bridgehead atoms. The molecule has 1 nitrogen and oxygen atoms in total. The summed E-state index contributed by atoms with van der Waals surface area (Å²) in [5.41, 5.74) is 2.53. The van der Waals surface area contributed by atoms with Crippen LogP contribution in [0.15, 0.2) is 36.4 Å². The molecule has 2 aliphatic rings. The average Bonchev–Trinajstić information content (AvgIpc) is 2.82. The van der Waals surface area contributed by atoms with Crippen molar-refractivity contribution in [1.82, 2.24) is 0 Å². The van der Waals surface area contributed by atoms with E-state index < -0.39 is 0 Å². The number of rotatable bonds is 1. The molecule has 0 N–H and O–H groups in total. The highest BCUT2D eigenvalue weighted by molar-refractivity contribution is 6.10. The quantitative estimate of drug-likeness (QED) is 0.688. The first-order valence-corrected chi connectivity index (χ1v) is 8.20. The number of Topliss-reactive ketones (excluding diaryl/α,β-unsaturated/α-hetero) is 1. The van der Waals surface area contributed by atoms with Gasteiger partial charge in [0.1, 0.15) is 0 Å². The predicted molar refractivity (Wildman–Crippen MR) is 86.8 cm³/mol. The van der Waals surface area contributed by atoms with Gasteiger partial charge in [0.15, 0.2) is 5.78 Å². The Bertz CT molecular complexity index is 730. The molecular formula is C20H22O. The predicted octanol–water partition coefficient (Wildman–Crippen LogP) is 5.34. The normalized spacial score (nSPS) is 31.2. The lowest BCUT2D eigenvalue weighted by molar-refractivity contribution is 0.0825. The van der Waals surface area contributed by atoms with Crippen molar-refractivity contribution in [2.75, 3.05) is 0 Å². The van der Waals surface area contributed by atoms with E-state index in [0.29, 0.717) is 17.6 Å². The summed E-state index contributed by atoms with van der Waals surface area (Å²) in [6.07, 6.45) is 4.45. The third-order valence-corrected chi connectivity index (χ3v) is 6.18. The van der Waals surface area contributed by atoms with Gasteiger partial charge in [0.05, 0.1) is 0 Å². The van der Waals surface area contributed by atoms with Gasteiger partial charge >= 0.3 is 0 Å². The van der Waals surface area contributed by atoms with Crippen molar-refractivity contribution < 1.29 is 4.79 Å². The molecule has 2 aliphatic carbocycles. The zero-order valence-corrected chi connectivity index (χ0v) is 12.9. The van der Waals surface area contributed by atoms with Crippen molar-refractivity contribution in [3.8, 4) is 0 Å². The summed E-state index contributed by atoms with van der Waals surface area (Å²) in [4.78, 5) is 12.9. The summed E-state index contributed by atoms with van der Waals surface area (Å²) in [7, 11) is 0. The van der Waals surface area contributed by atoms with E-state index in [-0.39, 0.29) is 5.41 Å². The minimum absolute atomic E-state index is 0.182. The second-order valence-electron chi connectivity index (χ2n) is 7.09. The standard InChI is InChI=1S/C20H22O/c1-3-14-9-11-17-16-10-8-13-6-4-5-7-15(13)19(16)18(21)12-20(14,17)2/h4-8,10,14,17H,3,9,11-12H2,1-2H3/t14-,17-,20+/m0/s1. The van der Waals surface area contributed by atoms with Crippen LogP contribution in [0, 0.1) is 11.3 Å². The van der Waals surface area contributed by atoms with Gasteiger partial charge in [0.25, 0.3) is 0 Å². The lowest BCUT2D eigenvalue weighted by atomic mass is 9.62. The first-order chi connectivity index (χ1) is 10.1. The fraction of sp³-hybridized carbons (Fsp3) is 0.450. The summed E-state index contributed by atoms with van der Waals surface area (Å²) in [6.45, 7) is 4.63. The highest BCUT2D eigenvalue weighted by Crippen LogP contribution is 2.59. The maximum Gasteiger partial charge on any atom is 0.164 e. The third kappa shape index (κ3) is 1.67. The Labute approximate surface area is 126 Å². The molecule has 0 spiro atoms. The largest absolute Gasteiger partial charge is 0.294 e. The molecule has 21 heavy (non-hydrogen) atoms. The van der Waals surface area contributed by atoms with Crippen LogP contribution < -0.4 is 0 Å². The van der Waals surface area contributed by atoms with E-state index in [1.807, 2.05) is 6.07 Å². The van der Waals surface area contributed by atoms with E-state index in [1.165, 1.54) is 30.2 Å². The van der Waals surface area contributed by atoms with Crippen LogP contribution in [0.1, 0.15) is 61.4 Å². The molecule has 0 radical (unpaired) electrons. The average molecular weight is 278 g/mol. The van der Waals surface area contributed by atoms with Gasteiger partial charge in [-0.05, 0) is 46.4 Å². The van der Waals surface area contributed by atoms with Crippen LogP contribution in [0.5, 0.6) is 0 Å². The number of benzene rings is 2.